The second kappa shape index (κ2) is 5.63. The first-order valence-corrected chi connectivity index (χ1v) is 6.47. The number of ether oxygens (including phenoxy) is 3. The summed E-state index contributed by atoms with van der Waals surface area (Å²) in [5.74, 6) is 1.37. The van der Waals surface area contributed by atoms with Crippen molar-refractivity contribution in [1.29, 1.82) is 0 Å². The first-order chi connectivity index (χ1) is 9.86. The lowest BCUT2D eigenvalue weighted by molar-refractivity contribution is -0.166. The molecule has 0 heterocycles. The second-order valence-corrected chi connectivity index (χ2v) is 4.94. The number of rotatable bonds is 6. The van der Waals surface area contributed by atoms with Crippen LogP contribution in [0.4, 0.5) is 13.2 Å². The summed E-state index contributed by atoms with van der Waals surface area (Å²) in [5, 5.41) is 2.59. The summed E-state index contributed by atoms with van der Waals surface area (Å²) in [6.45, 7) is 0.00977. The van der Waals surface area contributed by atoms with Crippen molar-refractivity contribution in [1.82, 2.24) is 5.32 Å². The number of methoxy groups -OCH3 is 3. The molecule has 118 valence electrons. The molecule has 1 fully saturated rings. The number of alkyl halides is 3. The molecule has 0 spiro atoms. The Bertz CT molecular complexity index is 488. The molecule has 0 saturated heterocycles. The van der Waals surface area contributed by atoms with Crippen molar-refractivity contribution in [2.75, 3.05) is 21.3 Å². The molecule has 0 amide bonds. The number of hydrogen-bond acceptors (Lipinski definition) is 4. The maximum absolute atomic E-state index is 12.9. The highest BCUT2D eigenvalue weighted by atomic mass is 19.4. The van der Waals surface area contributed by atoms with Gasteiger partial charge in [0.2, 0.25) is 0 Å². The molecular formula is C14H18F3NO3. The van der Waals surface area contributed by atoms with Gasteiger partial charge in [-0.15, -0.1) is 0 Å². The number of halogens is 3. The lowest BCUT2D eigenvalue weighted by atomic mass is 10.1. The van der Waals surface area contributed by atoms with Crippen molar-refractivity contribution in [2.24, 2.45) is 0 Å². The molecule has 0 aromatic heterocycles. The molecule has 2 rings (SSSR count). The Balaban J connectivity index is 2.23. The summed E-state index contributed by atoms with van der Waals surface area (Å²) in [6.07, 6.45) is -4.06. The van der Waals surface area contributed by atoms with Gasteiger partial charge in [-0.2, -0.15) is 13.2 Å². The van der Waals surface area contributed by atoms with Crippen LogP contribution in [0.5, 0.6) is 17.2 Å². The van der Waals surface area contributed by atoms with E-state index in [0.29, 0.717) is 22.8 Å². The lowest BCUT2D eigenvalue weighted by Gasteiger charge is -2.22. The van der Waals surface area contributed by atoms with E-state index in [4.69, 9.17) is 14.2 Å². The third-order valence-electron chi connectivity index (χ3n) is 3.71. The summed E-state index contributed by atoms with van der Waals surface area (Å²) in [4.78, 5) is 0. The van der Waals surface area contributed by atoms with Crippen LogP contribution in [0.2, 0.25) is 0 Å². The van der Waals surface area contributed by atoms with E-state index in [1.807, 2.05) is 0 Å². The predicted octanol–water partition coefficient (Wildman–Crippen LogP) is 2.90. The topological polar surface area (TPSA) is 39.7 Å². The standard InChI is InChI=1S/C14H18F3NO3/c1-19-9-6-11(20-2)10(12(7-9)21-3)8-18-13(4-5-13)14(15,16)17/h6-7,18H,4-5,8H2,1-3H3. The quantitative estimate of drug-likeness (QED) is 0.877. The van der Waals surface area contributed by atoms with Crippen molar-refractivity contribution in [3.8, 4) is 17.2 Å². The molecule has 7 heteroatoms. The number of nitrogens with one attached hydrogen (secondary N) is 1. The normalized spacial score (nSPS) is 16.5. The Morgan fingerprint density at radius 1 is 1.05 bits per heavy atom. The minimum absolute atomic E-state index is 0.00977. The van der Waals surface area contributed by atoms with E-state index in [1.54, 1.807) is 12.1 Å². The summed E-state index contributed by atoms with van der Waals surface area (Å²) in [6, 6.07) is 3.24. The molecule has 0 bridgehead atoms. The van der Waals surface area contributed by atoms with Crippen LogP contribution in [0.15, 0.2) is 12.1 Å². The van der Waals surface area contributed by atoms with Crippen LogP contribution >= 0.6 is 0 Å². The molecule has 0 radical (unpaired) electrons. The molecule has 1 saturated carbocycles. The largest absolute Gasteiger partial charge is 0.496 e. The van der Waals surface area contributed by atoms with Gasteiger partial charge >= 0.3 is 6.18 Å². The zero-order chi connectivity index (χ0) is 15.7. The molecule has 21 heavy (non-hydrogen) atoms. The maximum Gasteiger partial charge on any atom is 0.406 e. The third kappa shape index (κ3) is 3.02. The zero-order valence-corrected chi connectivity index (χ0v) is 12.1. The van der Waals surface area contributed by atoms with Crippen molar-refractivity contribution in [3.05, 3.63) is 17.7 Å². The fourth-order valence-electron chi connectivity index (χ4n) is 2.20. The molecule has 0 atom stereocenters. The Kier molecular flexibility index (Phi) is 4.22. The van der Waals surface area contributed by atoms with E-state index in [-0.39, 0.29) is 19.4 Å². The van der Waals surface area contributed by atoms with Gasteiger partial charge in [-0.3, -0.25) is 5.32 Å². The molecular weight excluding hydrogens is 287 g/mol. The maximum atomic E-state index is 12.9. The molecule has 1 aliphatic rings. The van der Waals surface area contributed by atoms with E-state index < -0.39 is 11.7 Å². The van der Waals surface area contributed by atoms with Gasteiger partial charge in [0.15, 0.2) is 0 Å². The van der Waals surface area contributed by atoms with Crippen LogP contribution in [0.3, 0.4) is 0 Å². The first-order valence-electron chi connectivity index (χ1n) is 6.47. The average molecular weight is 305 g/mol. The van der Waals surface area contributed by atoms with Gasteiger partial charge in [0.25, 0.3) is 0 Å². The van der Waals surface area contributed by atoms with E-state index in [0.717, 1.165) is 0 Å². The highest BCUT2D eigenvalue weighted by Gasteiger charge is 2.63. The highest BCUT2D eigenvalue weighted by molar-refractivity contribution is 5.50. The van der Waals surface area contributed by atoms with Crippen LogP contribution in [0, 0.1) is 0 Å². The van der Waals surface area contributed by atoms with Gasteiger partial charge in [-0.1, -0.05) is 0 Å². The first kappa shape index (κ1) is 15.8. The smallest absolute Gasteiger partial charge is 0.406 e. The Morgan fingerprint density at radius 2 is 1.57 bits per heavy atom. The molecule has 1 aromatic carbocycles. The number of benzene rings is 1. The molecule has 4 nitrogen and oxygen atoms in total. The summed E-state index contributed by atoms with van der Waals surface area (Å²) < 4.78 is 54.4. The van der Waals surface area contributed by atoms with Crippen LogP contribution < -0.4 is 19.5 Å². The molecule has 1 aromatic rings. The molecule has 0 aliphatic heterocycles. The van der Waals surface area contributed by atoms with Crippen molar-refractivity contribution >= 4 is 0 Å². The average Bonchev–Trinajstić information content (AvgIpc) is 3.24. The summed E-state index contributed by atoms with van der Waals surface area (Å²) >= 11 is 0. The fourth-order valence-corrected chi connectivity index (χ4v) is 2.20. The molecule has 1 aliphatic carbocycles. The summed E-state index contributed by atoms with van der Waals surface area (Å²) in [5.41, 5.74) is -1.24. The second-order valence-electron chi connectivity index (χ2n) is 4.94. The van der Waals surface area contributed by atoms with E-state index in [1.165, 1.54) is 21.3 Å². The minimum atomic E-state index is -4.25. The van der Waals surface area contributed by atoms with Gasteiger partial charge < -0.3 is 14.2 Å². The number of hydrogen-bond donors (Lipinski definition) is 1. The van der Waals surface area contributed by atoms with Gasteiger partial charge in [-0.05, 0) is 12.8 Å². The van der Waals surface area contributed by atoms with Gasteiger partial charge in [0.1, 0.15) is 22.8 Å². The minimum Gasteiger partial charge on any atom is -0.496 e. The predicted molar refractivity (Wildman–Crippen MR) is 71.0 cm³/mol. The van der Waals surface area contributed by atoms with Crippen molar-refractivity contribution < 1.29 is 27.4 Å². The Morgan fingerprint density at radius 3 is 1.90 bits per heavy atom. The van der Waals surface area contributed by atoms with E-state index in [2.05, 4.69) is 5.32 Å². The van der Waals surface area contributed by atoms with Crippen LogP contribution in [0.25, 0.3) is 0 Å². The summed E-state index contributed by atoms with van der Waals surface area (Å²) in [7, 11) is 4.40. The molecule has 1 N–H and O–H groups in total. The van der Waals surface area contributed by atoms with E-state index >= 15 is 0 Å². The van der Waals surface area contributed by atoms with Crippen LogP contribution in [-0.4, -0.2) is 33.0 Å². The van der Waals surface area contributed by atoms with Gasteiger partial charge in [0, 0.05) is 18.7 Å². The van der Waals surface area contributed by atoms with Crippen LogP contribution in [-0.2, 0) is 6.54 Å². The zero-order valence-electron chi connectivity index (χ0n) is 12.1. The van der Waals surface area contributed by atoms with Gasteiger partial charge in [0.05, 0.1) is 26.9 Å². The SMILES string of the molecule is COc1cc(OC)c(CNC2(C(F)(F)F)CC2)c(OC)c1. The third-order valence-corrected chi connectivity index (χ3v) is 3.71. The highest BCUT2D eigenvalue weighted by Crippen LogP contribution is 2.49. The van der Waals surface area contributed by atoms with Crippen molar-refractivity contribution in [3.63, 3.8) is 0 Å². The Hall–Kier alpha value is -1.63. The Labute approximate surface area is 121 Å². The van der Waals surface area contributed by atoms with Crippen LogP contribution in [0.1, 0.15) is 18.4 Å². The lowest BCUT2D eigenvalue weighted by Crippen LogP contribution is -2.44. The fraction of sp³-hybridized carbons (Fsp3) is 0.571. The van der Waals surface area contributed by atoms with Gasteiger partial charge in [-0.25, -0.2) is 0 Å². The van der Waals surface area contributed by atoms with Crippen molar-refractivity contribution in [2.45, 2.75) is 31.1 Å². The molecule has 0 unspecified atom stereocenters. The monoisotopic (exact) mass is 305 g/mol. The van der Waals surface area contributed by atoms with E-state index in [9.17, 15) is 13.2 Å².